The Morgan fingerprint density at radius 3 is 2.80 bits per heavy atom. The molecule has 0 radical (unpaired) electrons. The number of pyridine rings is 1. The zero-order valence-corrected chi connectivity index (χ0v) is 16.9. The number of hydrogen-bond acceptors (Lipinski definition) is 4. The lowest BCUT2D eigenvalue weighted by molar-refractivity contribution is 0.0818. The summed E-state index contributed by atoms with van der Waals surface area (Å²) < 4.78 is 10.9. The number of carbonyl (C=O) groups excluding carboxylic acids is 1. The van der Waals surface area contributed by atoms with Crippen molar-refractivity contribution in [1.82, 2.24) is 9.88 Å². The van der Waals surface area contributed by atoms with Crippen LogP contribution in [0, 0.1) is 0 Å². The molecule has 0 aliphatic carbocycles. The average Bonchev–Trinajstić information content (AvgIpc) is 3.27. The summed E-state index contributed by atoms with van der Waals surface area (Å²) in [6.07, 6.45) is 1.87. The second-order valence-electron chi connectivity index (χ2n) is 7.39. The highest BCUT2D eigenvalue weighted by molar-refractivity contribution is 5.89. The molecular weight excluding hydrogens is 382 g/mol. The van der Waals surface area contributed by atoms with Gasteiger partial charge in [0, 0.05) is 30.5 Å². The smallest absolute Gasteiger partial charge is 0.322 e. The highest BCUT2D eigenvalue weighted by Gasteiger charge is 2.24. The van der Waals surface area contributed by atoms with E-state index in [9.17, 15) is 9.59 Å². The Morgan fingerprint density at radius 2 is 2.07 bits per heavy atom. The molecule has 0 unspecified atom stereocenters. The number of carbonyl (C=O) groups is 1. The van der Waals surface area contributed by atoms with E-state index in [1.165, 1.54) is 0 Å². The molecule has 2 aromatic carbocycles. The zero-order chi connectivity index (χ0) is 20.9. The van der Waals surface area contributed by atoms with Gasteiger partial charge in [-0.1, -0.05) is 18.2 Å². The standard InChI is InChI=1S/C23H25N3O4/c1-29-19-10-9-16-12-17(22(27)25-21(16)13-19)14-26(15-20-8-5-11-30-20)23(28)24-18-6-3-2-4-7-18/h2-4,6-7,9-10,12-13,20H,5,8,11,14-15H2,1H3,(H,24,28)(H,25,27)/t20-/m0/s1. The van der Waals surface area contributed by atoms with Gasteiger partial charge in [0.1, 0.15) is 5.75 Å². The van der Waals surface area contributed by atoms with Crippen LogP contribution in [0.25, 0.3) is 10.9 Å². The molecule has 2 amide bonds. The molecule has 156 valence electrons. The van der Waals surface area contributed by atoms with Gasteiger partial charge in [0.2, 0.25) is 0 Å². The van der Waals surface area contributed by atoms with Crippen molar-refractivity contribution in [3.8, 4) is 5.75 Å². The Balaban J connectivity index is 1.59. The summed E-state index contributed by atoms with van der Waals surface area (Å²) in [5.74, 6) is 0.674. The van der Waals surface area contributed by atoms with Crippen LogP contribution in [0.3, 0.4) is 0 Å². The first kappa shape index (κ1) is 20.0. The molecule has 2 N–H and O–H groups in total. The van der Waals surface area contributed by atoms with Crippen LogP contribution in [0.4, 0.5) is 10.5 Å². The third-order valence-corrected chi connectivity index (χ3v) is 5.25. The molecule has 1 fully saturated rings. The van der Waals surface area contributed by atoms with E-state index in [4.69, 9.17) is 9.47 Å². The van der Waals surface area contributed by atoms with Crippen LogP contribution in [-0.2, 0) is 11.3 Å². The average molecular weight is 407 g/mol. The molecule has 1 atom stereocenters. The summed E-state index contributed by atoms with van der Waals surface area (Å²) >= 11 is 0. The number of fused-ring (bicyclic) bond motifs is 1. The molecule has 1 aliphatic rings. The van der Waals surface area contributed by atoms with Crippen LogP contribution in [0.2, 0.25) is 0 Å². The number of rotatable bonds is 6. The molecule has 4 rings (SSSR count). The van der Waals surface area contributed by atoms with Crippen LogP contribution in [0.5, 0.6) is 5.75 Å². The van der Waals surface area contributed by atoms with Gasteiger partial charge in [-0.25, -0.2) is 4.79 Å². The summed E-state index contributed by atoms with van der Waals surface area (Å²) in [6, 6.07) is 16.4. The van der Waals surface area contributed by atoms with Gasteiger partial charge in [-0.3, -0.25) is 4.79 Å². The molecule has 1 saturated heterocycles. The van der Waals surface area contributed by atoms with Gasteiger partial charge >= 0.3 is 6.03 Å². The molecule has 2 heterocycles. The van der Waals surface area contributed by atoms with Gasteiger partial charge < -0.3 is 24.7 Å². The van der Waals surface area contributed by atoms with Crippen LogP contribution >= 0.6 is 0 Å². The number of urea groups is 1. The molecule has 0 saturated carbocycles. The fraction of sp³-hybridized carbons (Fsp3) is 0.304. The number of nitrogens with one attached hydrogen (secondary N) is 2. The second-order valence-corrected chi connectivity index (χ2v) is 7.39. The van der Waals surface area contributed by atoms with E-state index in [2.05, 4.69) is 10.3 Å². The Hall–Kier alpha value is -3.32. The first-order valence-electron chi connectivity index (χ1n) is 10.0. The first-order chi connectivity index (χ1) is 14.6. The van der Waals surface area contributed by atoms with Gasteiger partial charge in [0.05, 0.1) is 25.3 Å². The number of aromatic nitrogens is 1. The highest BCUT2D eigenvalue weighted by atomic mass is 16.5. The third-order valence-electron chi connectivity index (χ3n) is 5.25. The highest BCUT2D eigenvalue weighted by Crippen LogP contribution is 2.20. The van der Waals surface area contributed by atoms with Crippen molar-refractivity contribution in [2.75, 3.05) is 25.6 Å². The molecule has 7 heteroatoms. The predicted octanol–water partition coefficient (Wildman–Crippen LogP) is 3.75. The van der Waals surface area contributed by atoms with Gasteiger partial charge in [-0.15, -0.1) is 0 Å². The number of para-hydroxylation sites is 1. The Morgan fingerprint density at radius 1 is 1.23 bits per heavy atom. The Bertz CT molecular complexity index is 1070. The summed E-state index contributed by atoms with van der Waals surface area (Å²) in [5.41, 5.74) is 1.70. The fourth-order valence-corrected chi connectivity index (χ4v) is 3.65. The number of nitrogens with zero attached hydrogens (tertiary/aromatic N) is 1. The van der Waals surface area contributed by atoms with Crippen LogP contribution < -0.4 is 15.6 Å². The summed E-state index contributed by atoms with van der Waals surface area (Å²) in [7, 11) is 1.59. The quantitative estimate of drug-likeness (QED) is 0.652. The van der Waals surface area contributed by atoms with E-state index in [0.29, 0.717) is 35.7 Å². The lowest BCUT2D eigenvalue weighted by Gasteiger charge is -2.25. The number of ether oxygens (including phenoxy) is 2. The molecule has 1 aliphatic heterocycles. The molecular formula is C23H25N3O4. The van der Waals surface area contributed by atoms with E-state index in [1.54, 1.807) is 18.1 Å². The van der Waals surface area contributed by atoms with Crippen molar-refractivity contribution in [2.45, 2.75) is 25.5 Å². The summed E-state index contributed by atoms with van der Waals surface area (Å²) in [4.78, 5) is 30.2. The Labute approximate surface area is 174 Å². The lowest BCUT2D eigenvalue weighted by atomic mass is 10.1. The minimum absolute atomic E-state index is 0.0182. The topological polar surface area (TPSA) is 83.7 Å². The van der Waals surface area contributed by atoms with Crippen molar-refractivity contribution in [3.05, 3.63) is 70.5 Å². The normalized spacial score (nSPS) is 15.8. The van der Waals surface area contributed by atoms with Crippen molar-refractivity contribution in [1.29, 1.82) is 0 Å². The van der Waals surface area contributed by atoms with Crippen LogP contribution in [0.1, 0.15) is 18.4 Å². The number of hydrogen-bond donors (Lipinski definition) is 2. The largest absolute Gasteiger partial charge is 0.497 e. The van der Waals surface area contributed by atoms with Gasteiger partial charge in [0.15, 0.2) is 0 Å². The van der Waals surface area contributed by atoms with Crippen molar-refractivity contribution >= 4 is 22.6 Å². The maximum absolute atomic E-state index is 13.0. The molecule has 1 aromatic heterocycles. The molecule has 0 spiro atoms. The van der Waals surface area contributed by atoms with Crippen molar-refractivity contribution in [2.24, 2.45) is 0 Å². The van der Waals surface area contributed by atoms with E-state index in [0.717, 1.165) is 18.2 Å². The first-order valence-corrected chi connectivity index (χ1v) is 10.0. The van der Waals surface area contributed by atoms with E-state index in [1.807, 2.05) is 48.5 Å². The number of aromatic amines is 1. The summed E-state index contributed by atoms with van der Waals surface area (Å²) in [5, 5.41) is 3.79. The molecule has 30 heavy (non-hydrogen) atoms. The zero-order valence-electron chi connectivity index (χ0n) is 16.9. The predicted molar refractivity (Wildman–Crippen MR) is 116 cm³/mol. The fourth-order valence-electron chi connectivity index (χ4n) is 3.65. The van der Waals surface area contributed by atoms with E-state index < -0.39 is 0 Å². The number of methoxy groups -OCH3 is 1. The van der Waals surface area contributed by atoms with Gasteiger partial charge in [0.25, 0.3) is 5.56 Å². The third kappa shape index (κ3) is 4.63. The number of benzene rings is 2. The Kier molecular flexibility index (Phi) is 5.99. The minimum atomic E-state index is -0.258. The van der Waals surface area contributed by atoms with E-state index >= 15 is 0 Å². The maximum atomic E-state index is 13.0. The molecule has 7 nitrogen and oxygen atoms in total. The van der Waals surface area contributed by atoms with E-state index in [-0.39, 0.29) is 24.2 Å². The van der Waals surface area contributed by atoms with Crippen molar-refractivity contribution < 1.29 is 14.3 Å². The van der Waals surface area contributed by atoms with Crippen molar-refractivity contribution in [3.63, 3.8) is 0 Å². The molecule has 3 aromatic rings. The van der Waals surface area contributed by atoms with Crippen LogP contribution in [-0.4, -0.2) is 42.3 Å². The monoisotopic (exact) mass is 407 g/mol. The number of H-pyrrole nitrogens is 1. The van der Waals surface area contributed by atoms with Crippen LogP contribution in [0.15, 0.2) is 59.4 Å². The van der Waals surface area contributed by atoms with Gasteiger partial charge in [-0.2, -0.15) is 0 Å². The lowest BCUT2D eigenvalue weighted by Crippen LogP contribution is -2.40. The maximum Gasteiger partial charge on any atom is 0.322 e. The molecule has 0 bridgehead atoms. The SMILES string of the molecule is COc1ccc2cc(CN(C[C@@H]3CCCO3)C(=O)Nc3ccccc3)c(=O)[nH]c2c1. The minimum Gasteiger partial charge on any atom is -0.497 e. The summed E-state index contributed by atoms with van der Waals surface area (Å²) in [6.45, 7) is 1.33. The van der Waals surface area contributed by atoms with Gasteiger partial charge in [-0.05, 0) is 48.6 Å². The number of amides is 2. The number of anilines is 1. The second kappa shape index (κ2) is 9.00.